The Balaban J connectivity index is 2.11. The number of rotatable bonds is 22. The van der Waals surface area contributed by atoms with E-state index in [1.807, 2.05) is 0 Å². The van der Waals surface area contributed by atoms with Crippen molar-refractivity contribution in [1.82, 2.24) is 0 Å². The van der Waals surface area contributed by atoms with Crippen molar-refractivity contribution in [3.05, 3.63) is 120 Å². The number of hydrogen-bond acceptors (Lipinski definition) is 6. The SMILES string of the molecule is C=COc1c(OCCC)cc(C2(c3cc(OCCC)c(OC=C)c(CCC)c3OCCC)c3ccccc3-c3ccccc32)c(OCCC)c1CCC. The van der Waals surface area contributed by atoms with Gasteiger partial charge in [-0.15, -0.1) is 0 Å². The van der Waals surface area contributed by atoms with E-state index in [0.29, 0.717) is 49.4 Å². The van der Waals surface area contributed by atoms with Gasteiger partial charge in [0, 0.05) is 22.3 Å². The fourth-order valence-electron chi connectivity index (χ4n) is 7.63. The van der Waals surface area contributed by atoms with Gasteiger partial charge in [0.1, 0.15) is 11.5 Å². The third-order valence-corrected chi connectivity index (χ3v) is 9.57. The molecule has 0 heterocycles. The summed E-state index contributed by atoms with van der Waals surface area (Å²) in [4.78, 5) is 0. The molecule has 0 aliphatic heterocycles. The van der Waals surface area contributed by atoms with E-state index < -0.39 is 5.41 Å². The molecule has 282 valence electrons. The molecule has 1 aliphatic rings. The summed E-state index contributed by atoms with van der Waals surface area (Å²) in [6, 6.07) is 21.8. The Hall–Kier alpha value is -4.84. The van der Waals surface area contributed by atoms with E-state index in [2.05, 4.69) is 115 Å². The summed E-state index contributed by atoms with van der Waals surface area (Å²) < 4.78 is 39.7. The molecule has 0 saturated heterocycles. The molecule has 0 radical (unpaired) electrons. The van der Waals surface area contributed by atoms with Gasteiger partial charge in [-0.05, 0) is 72.9 Å². The molecular formula is C47H58O6. The van der Waals surface area contributed by atoms with Gasteiger partial charge < -0.3 is 28.4 Å². The number of benzene rings is 4. The van der Waals surface area contributed by atoms with Crippen LogP contribution in [0.2, 0.25) is 0 Å². The number of ether oxygens (including phenoxy) is 6. The minimum Gasteiger partial charge on any atom is -0.493 e. The van der Waals surface area contributed by atoms with Gasteiger partial charge in [0.25, 0.3) is 0 Å². The van der Waals surface area contributed by atoms with E-state index in [1.54, 1.807) is 0 Å². The zero-order chi connectivity index (χ0) is 37.8. The Labute approximate surface area is 317 Å². The van der Waals surface area contributed by atoms with Gasteiger partial charge in [0.15, 0.2) is 23.0 Å². The molecule has 53 heavy (non-hydrogen) atoms. The van der Waals surface area contributed by atoms with Gasteiger partial charge in [-0.1, -0.05) is 116 Å². The van der Waals surface area contributed by atoms with E-state index in [4.69, 9.17) is 28.4 Å². The predicted octanol–water partition coefficient (Wildman–Crippen LogP) is 12.2. The molecule has 0 aromatic heterocycles. The molecule has 4 aromatic rings. The van der Waals surface area contributed by atoms with Crippen LogP contribution in [0.4, 0.5) is 0 Å². The highest BCUT2D eigenvalue weighted by molar-refractivity contribution is 5.89. The second kappa shape index (κ2) is 18.8. The predicted molar refractivity (Wildman–Crippen MR) is 217 cm³/mol. The maximum Gasteiger partial charge on any atom is 0.175 e. The van der Waals surface area contributed by atoms with Crippen molar-refractivity contribution in [2.24, 2.45) is 0 Å². The zero-order valence-electron chi connectivity index (χ0n) is 32.8. The lowest BCUT2D eigenvalue weighted by Gasteiger charge is -2.38. The Morgan fingerprint density at radius 1 is 0.472 bits per heavy atom. The topological polar surface area (TPSA) is 55.4 Å². The fraction of sp³-hybridized carbons (Fsp3) is 0.404. The van der Waals surface area contributed by atoms with E-state index >= 15 is 0 Å². The summed E-state index contributed by atoms with van der Waals surface area (Å²) >= 11 is 0. The molecule has 0 atom stereocenters. The van der Waals surface area contributed by atoms with Gasteiger partial charge >= 0.3 is 0 Å². The molecular weight excluding hydrogens is 661 g/mol. The molecule has 0 unspecified atom stereocenters. The summed E-state index contributed by atoms with van der Waals surface area (Å²) in [6.07, 6.45) is 9.51. The second-order valence-corrected chi connectivity index (χ2v) is 13.4. The van der Waals surface area contributed by atoms with Crippen LogP contribution in [0.1, 0.15) is 113 Å². The molecule has 0 amide bonds. The van der Waals surface area contributed by atoms with Crippen LogP contribution >= 0.6 is 0 Å². The highest BCUT2D eigenvalue weighted by Gasteiger charge is 2.51. The van der Waals surface area contributed by atoms with E-state index in [1.165, 1.54) is 12.5 Å². The molecule has 1 aliphatic carbocycles. The van der Waals surface area contributed by atoms with Crippen LogP contribution in [0.15, 0.2) is 86.3 Å². The summed E-state index contributed by atoms with van der Waals surface area (Å²) in [5.41, 5.74) is 7.52. The van der Waals surface area contributed by atoms with Gasteiger partial charge in [-0.2, -0.15) is 0 Å². The third kappa shape index (κ3) is 7.51. The van der Waals surface area contributed by atoms with Gasteiger partial charge in [-0.3, -0.25) is 0 Å². The van der Waals surface area contributed by atoms with Crippen molar-refractivity contribution < 1.29 is 28.4 Å². The quantitative estimate of drug-likeness (QED) is 0.0664. The van der Waals surface area contributed by atoms with Crippen molar-refractivity contribution in [3.8, 4) is 45.6 Å². The lowest BCUT2D eigenvalue weighted by atomic mass is 9.66. The monoisotopic (exact) mass is 718 g/mol. The average molecular weight is 719 g/mol. The first kappa shape index (κ1) is 39.4. The largest absolute Gasteiger partial charge is 0.493 e. The maximum absolute atomic E-state index is 6.98. The maximum atomic E-state index is 6.98. The van der Waals surface area contributed by atoms with Crippen LogP contribution in [0.25, 0.3) is 11.1 Å². The minimum absolute atomic E-state index is 0.530. The average Bonchev–Trinajstić information content (AvgIpc) is 3.48. The first-order chi connectivity index (χ1) is 26.0. The first-order valence-electron chi connectivity index (χ1n) is 19.7. The number of fused-ring (bicyclic) bond motifs is 3. The Kier molecular flexibility index (Phi) is 13.9. The van der Waals surface area contributed by atoms with Crippen LogP contribution in [0.5, 0.6) is 34.5 Å². The van der Waals surface area contributed by atoms with Crippen LogP contribution in [-0.2, 0) is 18.3 Å². The van der Waals surface area contributed by atoms with Crippen molar-refractivity contribution >= 4 is 0 Å². The third-order valence-electron chi connectivity index (χ3n) is 9.57. The first-order valence-corrected chi connectivity index (χ1v) is 19.7. The highest BCUT2D eigenvalue weighted by Crippen LogP contribution is 2.63. The van der Waals surface area contributed by atoms with Crippen LogP contribution in [0, 0.1) is 0 Å². The Bertz CT molecular complexity index is 1720. The molecule has 0 spiro atoms. The lowest BCUT2D eigenvalue weighted by Crippen LogP contribution is -2.31. The molecule has 5 rings (SSSR count). The normalized spacial score (nSPS) is 12.4. The molecule has 0 saturated carbocycles. The van der Waals surface area contributed by atoms with Crippen molar-refractivity contribution in [2.45, 2.75) is 98.3 Å². The fourth-order valence-corrected chi connectivity index (χ4v) is 7.63. The van der Waals surface area contributed by atoms with Crippen molar-refractivity contribution in [3.63, 3.8) is 0 Å². The van der Waals surface area contributed by atoms with Crippen molar-refractivity contribution in [2.75, 3.05) is 26.4 Å². The van der Waals surface area contributed by atoms with E-state index in [-0.39, 0.29) is 0 Å². The summed E-state index contributed by atoms with van der Waals surface area (Å²) in [7, 11) is 0. The molecule has 4 aromatic carbocycles. The summed E-state index contributed by atoms with van der Waals surface area (Å²) in [5.74, 6) is 4.21. The van der Waals surface area contributed by atoms with Gasteiger partial charge in [0.05, 0.1) is 44.4 Å². The number of hydrogen-bond donors (Lipinski definition) is 0. The van der Waals surface area contributed by atoms with Gasteiger partial charge in [-0.25, -0.2) is 0 Å². The smallest absolute Gasteiger partial charge is 0.175 e. The lowest BCUT2D eigenvalue weighted by molar-refractivity contribution is 0.283. The molecule has 6 heteroatoms. The molecule has 0 fully saturated rings. The Morgan fingerprint density at radius 3 is 1.21 bits per heavy atom. The summed E-state index contributed by atoms with van der Waals surface area (Å²) in [5, 5.41) is 0. The minimum atomic E-state index is -0.918. The zero-order valence-corrected chi connectivity index (χ0v) is 32.8. The van der Waals surface area contributed by atoms with Crippen LogP contribution in [-0.4, -0.2) is 26.4 Å². The molecule has 0 bridgehead atoms. The van der Waals surface area contributed by atoms with Crippen molar-refractivity contribution in [1.29, 1.82) is 0 Å². The Morgan fingerprint density at radius 2 is 0.849 bits per heavy atom. The standard InChI is InChI=1S/C47H58O6/c1-9-21-35-43(52-29-13-5)39(31-41(50-27-11-3)45(35)48-15-7)47(37-25-19-17-23-33(37)34-24-18-20-26-38(34)47)40-32-42(51-28-12-4)46(49-16-8)36(22-10-2)44(40)53-30-14-6/h15-20,23-26,31-32H,7-14,21-22,27-30H2,1-6H3. The van der Waals surface area contributed by atoms with Crippen LogP contribution < -0.4 is 28.4 Å². The van der Waals surface area contributed by atoms with E-state index in [9.17, 15) is 0 Å². The summed E-state index contributed by atoms with van der Waals surface area (Å²) in [6.45, 7) is 22.9. The highest BCUT2D eigenvalue weighted by atomic mass is 16.5. The molecule has 6 nitrogen and oxygen atoms in total. The molecule has 0 N–H and O–H groups in total. The van der Waals surface area contributed by atoms with Crippen LogP contribution in [0.3, 0.4) is 0 Å². The second-order valence-electron chi connectivity index (χ2n) is 13.4. The van der Waals surface area contributed by atoms with Gasteiger partial charge in [0.2, 0.25) is 0 Å². The van der Waals surface area contributed by atoms with E-state index in [0.717, 1.165) is 107 Å².